The smallest absolute Gasteiger partial charge is 0.136 e. The Morgan fingerprint density at radius 3 is 1.87 bits per heavy atom. The van der Waals surface area contributed by atoms with Crippen LogP contribution in [0.1, 0.15) is 0 Å². The van der Waals surface area contributed by atoms with Crippen LogP contribution in [-0.4, -0.2) is 0 Å². The minimum atomic E-state index is 0.882. The van der Waals surface area contributed by atoms with Gasteiger partial charge in [-0.3, -0.25) is 0 Å². The van der Waals surface area contributed by atoms with E-state index in [4.69, 9.17) is 4.42 Å². The van der Waals surface area contributed by atoms with Crippen LogP contribution in [0.4, 0.5) is 17.1 Å². The van der Waals surface area contributed by atoms with Gasteiger partial charge in [-0.25, -0.2) is 0 Å². The zero-order chi connectivity index (χ0) is 40.3. The average Bonchev–Trinajstić information content (AvgIpc) is 3.91. The fourth-order valence-corrected chi connectivity index (χ4v) is 10.5. The molecule has 3 heteroatoms. The summed E-state index contributed by atoms with van der Waals surface area (Å²) in [5, 5.41) is 7.35. The Morgan fingerprint density at radius 2 is 0.951 bits per heavy atom. The summed E-state index contributed by atoms with van der Waals surface area (Å²) in [6.07, 6.45) is 0. The summed E-state index contributed by atoms with van der Waals surface area (Å²) in [7, 11) is 0. The third kappa shape index (κ3) is 6.01. The predicted octanol–water partition coefficient (Wildman–Crippen LogP) is 17.2. The summed E-state index contributed by atoms with van der Waals surface area (Å²) in [6, 6.07) is 81.2. The first-order valence-electron chi connectivity index (χ1n) is 20.7. The van der Waals surface area contributed by atoms with Crippen LogP contribution >= 0.6 is 11.3 Å². The molecule has 61 heavy (non-hydrogen) atoms. The molecule has 2 aromatic heterocycles. The Hall–Kier alpha value is -7.72. The first-order valence-corrected chi connectivity index (χ1v) is 21.6. The van der Waals surface area contributed by atoms with Gasteiger partial charge >= 0.3 is 0 Å². The Labute approximate surface area is 357 Å². The molecule has 0 saturated heterocycles. The first-order chi connectivity index (χ1) is 30.2. The standard InChI is InChI=1S/C58H37NOS/c1-2-20-45-38(14-1)15-11-24-46(45)39-32-34-43(35-33-39)59(53-28-6-3-21-48(53)50-26-13-30-55-57(50)52-23-4-7-29-54(52)60-55)44-19-10-17-41(37-44)40-16-9-18-42(36-40)47-25-12-27-51-49-22-5-8-31-56(49)61-58(47)51/h1-37H. The van der Waals surface area contributed by atoms with Gasteiger partial charge in [0.1, 0.15) is 11.2 Å². The number of para-hydroxylation sites is 2. The zero-order valence-corrected chi connectivity index (χ0v) is 33.9. The largest absolute Gasteiger partial charge is 0.456 e. The van der Waals surface area contributed by atoms with E-state index in [0.29, 0.717) is 0 Å². The summed E-state index contributed by atoms with van der Waals surface area (Å²) in [5.41, 5.74) is 14.5. The van der Waals surface area contributed by atoms with Crippen LogP contribution in [0.5, 0.6) is 0 Å². The van der Waals surface area contributed by atoms with Gasteiger partial charge in [-0.1, -0.05) is 170 Å². The lowest BCUT2D eigenvalue weighted by atomic mass is 9.95. The quantitative estimate of drug-likeness (QED) is 0.160. The van der Waals surface area contributed by atoms with Crippen molar-refractivity contribution < 1.29 is 4.42 Å². The van der Waals surface area contributed by atoms with E-state index in [-0.39, 0.29) is 0 Å². The SMILES string of the molecule is c1cc(-c2cccc(N(c3ccc(-c4cccc5ccccc45)cc3)c3ccccc3-c3cccc4oc5ccccc5c34)c2)cc(-c2cccc3c2sc2ccccc23)c1. The first kappa shape index (κ1) is 35.2. The fraction of sp³-hybridized carbons (Fsp3) is 0. The molecule has 0 fully saturated rings. The molecule has 0 bridgehead atoms. The number of anilines is 3. The van der Waals surface area contributed by atoms with Gasteiger partial charge in [0.05, 0.1) is 5.69 Å². The normalized spacial score (nSPS) is 11.6. The monoisotopic (exact) mass is 795 g/mol. The summed E-state index contributed by atoms with van der Waals surface area (Å²) < 4.78 is 9.04. The fourth-order valence-electron chi connectivity index (χ4n) is 9.26. The van der Waals surface area contributed by atoms with Gasteiger partial charge in [-0.2, -0.15) is 0 Å². The number of rotatable bonds is 7. The predicted molar refractivity (Wildman–Crippen MR) is 261 cm³/mol. The van der Waals surface area contributed by atoms with Crippen molar-refractivity contribution in [3.8, 4) is 44.5 Å². The Kier molecular flexibility index (Phi) is 8.39. The van der Waals surface area contributed by atoms with Crippen molar-refractivity contribution in [1.29, 1.82) is 0 Å². The summed E-state index contributed by atoms with van der Waals surface area (Å²) in [5.74, 6) is 0. The molecule has 0 atom stereocenters. The highest BCUT2D eigenvalue weighted by molar-refractivity contribution is 7.26. The van der Waals surface area contributed by atoms with E-state index >= 15 is 0 Å². The molecule has 0 aliphatic rings. The number of thiophene rings is 1. The zero-order valence-electron chi connectivity index (χ0n) is 33.1. The van der Waals surface area contributed by atoms with Crippen molar-refractivity contribution in [2.45, 2.75) is 0 Å². The highest BCUT2D eigenvalue weighted by atomic mass is 32.1. The van der Waals surface area contributed by atoms with Crippen LogP contribution in [0, 0.1) is 0 Å². The van der Waals surface area contributed by atoms with Gasteiger partial charge < -0.3 is 9.32 Å². The molecule has 286 valence electrons. The molecule has 10 aromatic carbocycles. The van der Waals surface area contributed by atoms with Crippen molar-refractivity contribution in [3.63, 3.8) is 0 Å². The number of furan rings is 1. The van der Waals surface area contributed by atoms with Crippen molar-refractivity contribution in [2.24, 2.45) is 0 Å². The molecular formula is C58H37NOS. The molecule has 2 heterocycles. The van der Waals surface area contributed by atoms with E-state index in [1.54, 1.807) is 0 Å². The number of hydrogen-bond donors (Lipinski definition) is 0. The van der Waals surface area contributed by atoms with Crippen molar-refractivity contribution in [2.75, 3.05) is 4.90 Å². The molecular weight excluding hydrogens is 759 g/mol. The average molecular weight is 796 g/mol. The number of fused-ring (bicyclic) bond motifs is 7. The van der Waals surface area contributed by atoms with E-state index in [2.05, 4.69) is 223 Å². The summed E-state index contributed by atoms with van der Waals surface area (Å²) >= 11 is 1.87. The topological polar surface area (TPSA) is 16.4 Å². The van der Waals surface area contributed by atoms with Crippen molar-refractivity contribution in [3.05, 3.63) is 224 Å². The second-order valence-corrected chi connectivity index (χ2v) is 16.7. The van der Waals surface area contributed by atoms with Gasteiger partial charge in [-0.15, -0.1) is 11.3 Å². The molecule has 2 nitrogen and oxygen atoms in total. The van der Waals surface area contributed by atoms with E-state index in [9.17, 15) is 0 Å². The molecule has 0 saturated carbocycles. The number of nitrogens with zero attached hydrogens (tertiary/aromatic N) is 1. The summed E-state index contributed by atoms with van der Waals surface area (Å²) in [6.45, 7) is 0. The number of hydrogen-bond acceptors (Lipinski definition) is 3. The van der Waals surface area contributed by atoms with Crippen LogP contribution in [0.2, 0.25) is 0 Å². The minimum Gasteiger partial charge on any atom is -0.456 e. The molecule has 12 rings (SSSR count). The number of benzene rings is 10. The molecule has 12 aromatic rings. The maximum atomic E-state index is 6.40. The van der Waals surface area contributed by atoms with Crippen LogP contribution in [0.3, 0.4) is 0 Å². The van der Waals surface area contributed by atoms with Gasteiger partial charge in [0, 0.05) is 47.9 Å². The van der Waals surface area contributed by atoms with E-state index in [0.717, 1.165) is 55.7 Å². The van der Waals surface area contributed by atoms with Gasteiger partial charge in [0.2, 0.25) is 0 Å². The third-order valence-corrected chi connectivity index (χ3v) is 13.3. The second-order valence-electron chi connectivity index (χ2n) is 15.6. The Bertz CT molecular complexity index is 3610. The lowest BCUT2D eigenvalue weighted by Gasteiger charge is -2.28. The minimum absolute atomic E-state index is 0.882. The van der Waals surface area contributed by atoms with E-state index in [1.165, 1.54) is 58.8 Å². The van der Waals surface area contributed by atoms with Crippen molar-refractivity contribution in [1.82, 2.24) is 0 Å². The molecule has 0 amide bonds. The Morgan fingerprint density at radius 1 is 0.344 bits per heavy atom. The van der Waals surface area contributed by atoms with Gasteiger partial charge in [0.25, 0.3) is 0 Å². The van der Waals surface area contributed by atoms with E-state index in [1.807, 2.05) is 17.4 Å². The molecule has 0 aliphatic heterocycles. The van der Waals surface area contributed by atoms with Gasteiger partial charge in [0.15, 0.2) is 0 Å². The molecule has 0 aliphatic carbocycles. The van der Waals surface area contributed by atoms with Crippen LogP contribution in [0.15, 0.2) is 229 Å². The van der Waals surface area contributed by atoms with Crippen LogP contribution in [-0.2, 0) is 0 Å². The lowest BCUT2D eigenvalue weighted by molar-refractivity contribution is 0.669. The molecule has 0 spiro atoms. The molecule has 0 unspecified atom stereocenters. The van der Waals surface area contributed by atoms with E-state index < -0.39 is 0 Å². The highest BCUT2D eigenvalue weighted by Gasteiger charge is 2.21. The van der Waals surface area contributed by atoms with Gasteiger partial charge in [-0.05, 0) is 104 Å². The Balaban J connectivity index is 1.02. The lowest BCUT2D eigenvalue weighted by Crippen LogP contribution is -2.11. The van der Waals surface area contributed by atoms with Crippen LogP contribution in [0.25, 0.3) is 97.4 Å². The maximum absolute atomic E-state index is 6.40. The second kappa shape index (κ2) is 14.5. The molecule has 0 radical (unpaired) electrons. The van der Waals surface area contributed by atoms with Crippen molar-refractivity contribution >= 4 is 81.3 Å². The third-order valence-electron chi connectivity index (χ3n) is 12.1. The molecule has 0 N–H and O–H groups in total. The highest BCUT2D eigenvalue weighted by Crippen LogP contribution is 2.46. The summed E-state index contributed by atoms with van der Waals surface area (Å²) in [4.78, 5) is 2.41. The maximum Gasteiger partial charge on any atom is 0.136 e. The van der Waals surface area contributed by atoms with Crippen LogP contribution < -0.4 is 4.90 Å².